The molecule has 0 bridgehead atoms. The Balaban J connectivity index is 2.45. The van der Waals surface area contributed by atoms with Gasteiger partial charge in [-0.05, 0) is 47.0 Å². The summed E-state index contributed by atoms with van der Waals surface area (Å²) in [6.45, 7) is 0.280. The van der Waals surface area contributed by atoms with Crippen molar-refractivity contribution >= 4 is 43.5 Å². The predicted molar refractivity (Wildman–Crippen MR) is 80.4 cm³/mol. The maximum absolute atomic E-state index is 12.0. The summed E-state index contributed by atoms with van der Waals surface area (Å²) in [6, 6.07) is 4.38. The summed E-state index contributed by atoms with van der Waals surface area (Å²) in [6.07, 6.45) is 1.92. The predicted octanol–water partition coefficient (Wildman–Crippen LogP) is 3.03. The van der Waals surface area contributed by atoms with Crippen LogP contribution in [0, 0.1) is 0 Å². The standard InChI is InChI=1S/C12H15BrClNO4S/c13-10-8-9(5-6-11(10)14)20(18,19)15-7-3-1-2-4-12(16)17/h5-6,8,15H,1-4,7H2,(H,16,17). The summed E-state index contributed by atoms with van der Waals surface area (Å²) in [5.41, 5.74) is 0. The zero-order valence-corrected chi connectivity index (χ0v) is 13.8. The molecule has 2 N–H and O–H groups in total. The highest BCUT2D eigenvalue weighted by Gasteiger charge is 2.14. The van der Waals surface area contributed by atoms with E-state index in [-0.39, 0.29) is 17.9 Å². The average Bonchev–Trinajstić information content (AvgIpc) is 2.36. The van der Waals surface area contributed by atoms with E-state index in [1.165, 1.54) is 18.2 Å². The fourth-order valence-corrected chi connectivity index (χ4v) is 3.26. The lowest BCUT2D eigenvalue weighted by Crippen LogP contribution is -2.24. The minimum Gasteiger partial charge on any atom is -0.481 e. The van der Waals surface area contributed by atoms with Gasteiger partial charge in [-0.1, -0.05) is 18.0 Å². The van der Waals surface area contributed by atoms with E-state index >= 15 is 0 Å². The number of carboxylic acids is 1. The second-order valence-electron chi connectivity index (χ2n) is 4.18. The molecule has 0 unspecified atom stereocenters. The second kappa shape index (κ2) is 7.97. The van der Waals surface area contributed by atoms with Gasteiger partial charge in [-0.3, -0.25) is 4.79 Å². The highest BCUT2D eigenvalue weighted by Crippen LogP contribution is 2.25. The second-order valence-corrected chi connectivity index (χ2v) is 7.21. The molecule has 0 spiro atoms. The number of unbranched alkanes of at least 4 members (excludes halogenated alkanes) is 2. The molecule has 0 saturated heterocycles. The first-order valence-electron chi connectivity index (χ1n) is 5.99. The Bertz CT molecular complexity index is 577. The van der Waals surface area contributed by atoms with Crippen LogP contribution in [0.2, 0.25) is 5.02 Å². The Kier molecular flexibility index (Phi) is 6.94. The molecule has 1 aromatic rings. The van der Waals surface area contributed by atoms with Crippen molar-refractivity contribution < 1.29 is 18.3 Å². The summed E-state index contributed by atoms with van der Waals surface area (Å²) < 4.78 is 26.9. The molecular weight excluding hydrogens is 370 g/mol. The molecule has 1 rings (SSSR count). The van der Waals surface area contributed by atoms with Crippen LogP contribution in [0.3, 0.4) is 0 Å². The zero-order valence-electron chi connectivity index (χ0n) is 10.6. The summed E-state index contributed by atoms with van der Waals surface area (Å²) in [4.78, 5) is 10.4. The minimum absolute atomic E-state index is 0.108. The van der Waals surface area contributed by atoms with Gasteiger partial charge in [0.25, 0.3) is 0 Å². The van der Waals surface area contributed by atoms with Crippen molar-refractivity contribution in [2.24, 2.45) is 0 Å². The Hall–Kier alpha value is -0.630. The van der Waals surface area contributed by atoms with Gasteiger partial charge < -0.3 is 5.11 Å². The quantitative estimate of drug-likeness (QED) is 0.675. The summed E-state index contributed by atoms with van der Waals surface area (Å²) in [7, 11) is -3.56. The number of rotatable bonds is 8. The fraction of sp³-hybridized carbons (Fsp3) is 0.417. The number of aliphatic carboxylic acids is 1. The Morgan fingerprint density at radius 3 is 2.60 bits per heavy atom. The zero-order chi connectivity index (χ0) is 15.2. The van der Waals surface area contributed by atoms with E-state index in [1.807, 2.05) is 0 Å². The fourth-order valence-electron chi connectivity index (χ4n) is 1.51. The molecule has 8 heteroatoms. The third-order valence-electron chi connectivity index (χ3n) is 2.56. The van der Waals surface area contributed by atoms with Gasteiger partial charge in [-0.2, -0.15) is 0 Å². The van der Waals surface area contributed by atoms with Crippen LogP contribution in [0.4, 0.5) is 0 Å². The van der Waals surface area contributed by atoms with Gasteiger partial charge in [0.2, 0.25) is 10.0 Å². The minimum atomic E-state index is -3.56. The smallest absolute Gasteiger partial charge is 0.303 e. The van der Waals surface area contributed by atoms with Gasteiger partial charge in [-0.15, -0.1) is 0 Å². The van der Waals surface area contributed by atoms with Crippen molar-refractivity contribution in [3.63, 3.8) is 0 Å². The Morgan fingerprint density at radius 1 is 1.30 bits per heavy atom. The molecule has 112 valence electrons. The van der Waals surface area contributed by atoms with Crippen LogP contribution in [0.25, 0.3) is 0 Å². The van der Waals surface area contributed by atoms with Gasteiger partial charge in [0.05, 0.1) is 9.92 Å². The molecule has 0 aromatic heterocycles. The van der Waals surface area contributed by atoms with Crippen LogP contribution in [0.1, 0.15) is 25.7 Å². The summed E-state index contributed by atoms with van der Waals surface area (Å²) >= 11 is 8.98. The van der Waals surface area contributed by atoms with E-state index in [9.17, 15) is 13.2 Å². The highest BCUT2D eigenvalue weighted by molar-refractivity contribution is 9.10. The van der Waals surface area contributed by atoms with E-state index in [4.69, 9.17) is 16.7 Å². The number of nitrogens with one attached hydrogen (secondary N) is 1. The molecule has 0 radical (unpaired) electrons. The largest absolute Gasteiger partial charge is 0.481 e. The molecule has 0 aliphatic carbocycles. The summed E-state index contributed by atoms with van der Waals surface area (Å²) in [5, 5.41) is 8.91. The molecule has 0 heterocycles. The first kappa shape index (κ1) is 17.4. The highest BCUT2D eigenvalue weighted by atomic mass is 79.9. The lowest BCUT2D eigenvalue weighted by molar-refractivity contribution is -0.137. The number of hydrogen-bond acceptors (Lipinski definition) is 3. The normalized spacial score (nSPS) is 11.5. The van der Waals surface area contributed by atoms with Crippen LogP contribution in [0.5, 0.6) is 0 Å². The lowest BCUT2D eigenvalue weighted by Gasteiger charge is -2.07. The SMILES string of the molecule is O=C(O)CCCCCNS(=O)(=O)c1ccc(Cl)c(Br)c1. The molecule has 0 aliphatic rings. The van der Waals surface area contributed by atoms with E-state index < -0.39 is 16.0 Å². The van der Waals surface area contributed by atoms with Gasteiger partial charge in [0.1, 0.15) is 0 Å². The van der Waals surface area contributed by atoms with Crippen molar-refractivity contribution in [3.05, 3.63) is 27.7 Å². The first-order valence-corrected chi connectivity index (χ1v) is 8.65. The number of hydrogen-bond donors (Lipinski definition) is 2. The molecule has 0 fully saturated rings. The van der Waals surface area contributed by atoms with Crippen molar-refractivity contribution in [1.82, 2.24) is 4.72 Å². The van der Waals surface area contributed by atoms with Crippen LogP contribution in [0.15, 0.2) is 27.6 Å². The molecule has 20 heavy (non-hydrogen) atoms. The van der Waals surface area contributed by atoms with Gasteiger partial charge in [0.15, 0.2) is 0 Å². The monoisotopic (exact) mass is 383 g/mol. The molecule has 0 aliphatic heterocycles. The van der Waals surface area contributed by atoms with Crippen LogP contribution >= 0.6 is 27.5 Å². The Labute approximate surface area is 131 Å². The number of sulfonamides is 1. The first-order chi connectivity index (χ1) is 9.33. The van der Waals surface area contributed by atoms with E-state index in [2.05, 4.69) is 20.7 Å². The lowest BCUT2D eigenvalue weighted by atomic mass is 10.2. The topological polar surface area (TPSA) is 83.5 Å². The van der Waals surface area contributed by atoms with Crippen molar-refractivity contribution in [2.45, 2.75) is 30.6 Å². The van der Waals surface area contributed by atoms with Crippen LogP contribution < -0.4 is 4.72 Å². The third-order valence-corrected chi connectivity index (χ3v) is 5.23. The molecule has 1 aromatic carbocycles. The third kappa shape index (κ3) is 5.78. The van der Waals surface area contributed by atoms with E-state index in [0.717, 1.165) is 0 Å². The Morgan fingerprint density at radius 2 is 2.00 bits per heavy atom. The maximum atomic E-state index is 12.0. The van der Waals surface area contributed by atoms with E-state index in [0.29, 0.717) is 28.8 Å². The van der Waals surface area contributed by atoms with E-state index in [1.54, 1.807) is 0 Å². The van der Waals surface area contributed by atoms with Crippen molar-refractivity contribution in [2.75, 3.05) is 6.54 Å². The number of carbonyl (C=O) groups is 1. The molecule has 0 atom stereocenters. The van der Waals surface area contributed by atoms with Gasteiger partial charge in [0, 0.05) is 17.4 Å². The molecular formula is C12H15BrClNO4S. The molecule has 5 nitrogen and oxygen atoms in total. The van der Waals surface area contributed by atoms with Crippen molar-refractivity contribution in [3.8, 4) is 0 Å². The van der Waals surface area contributed by atoms with Gasteiger partial charge >= 0.3 is 5.97 Å². The van der Waals surface area contributed by atoms with Crippen molar-refractivity contribution in [1.29, 1.82) is 0 Å². The summed E-state index contributed by atoms with van der Waals surface area (Å²) in [5.74, 6) is -0.836. The van der Waals surface area contributed by atoms with Gasteiger partial charge in [-0.25, -0.2) is 13.1 Å². The molecule has 0 saturated carbocycles. The number of benzene rings is 1. The number of carboxylic acid groups (broad SMARTS) is 1. The number of halogens is 2. The maximum Gasteiger partial charge on any atom is 0.303 e. The molecule has 0 amide bonds. The average molecular weight is 385 g/mol. The van der Waals surface area contributed by atoms with Crippen LogP contribution in [-0.2, 0) is 14.8 Å². The van der Waals surface area contributed by atoms with Crippen LogP contribution in [-0.4, -0.2) is 26.0 Å².